The maximum Gasteiger partial charge on any atom is 0.303 e. The highest BCUT2D eigenvalue weighted by Crippen LogP contribution is 2.44. The molecule has 4 saturated heterocycles. The summed E-state index contributed by atoms with van der Waals surface area (Å²) < 4.78 is 128. The average Bonchev–Trinajstić information content (AvgIpc) is 0.760. The third-order valence-electron chi connectivity index (χ3n) is 15.5. The highest BCUT2D eigenvalue weighted by atomic mass is 16.8. The van der Waals surface area contributed by atoms with Crippen LogP contribution >= 0.6 is 0 Å². The number of carbonyl (C=O) groups excluding carboxylic acids is 12. The van der Waals surface area contributed by atoms with Gasteiger partial charge in [0.15, 0.2) is 86.2 Å². The summed E-state index contributed by atoms with van der Waals surface area (Å²) >= 11 is 0. The Bertz CT molecular complexity index is 3270. The molecule has 3 aromatic rings. The first-order valence-electron chi connectivity index (χ1n) is 31.8. The Morgan fingerprint density at radius 1 is 0.287 bits per heavy atom. The van der Waals surface area contributed by atoms with Gasteiger partial charge in [0.2, 0.25) is 0 Å². The van der Waals surface area contributed by atoms with E-state index in [1.165, 1.54) is 7.11 Å². The lowest BCUT2D eigenvalue weighted by atomic mass is 9.80. The van der Waals surface area contributed by atoms with E-state index in [1.54, 1.807) is 36.4 Å². The van der Waals surface area contributed by atoms with E-state index in [2.05, 4.69) is 0 Å². The van der Waals surface area contributed by atoms with Crippen LogP contribution in [0.3, 0.4) is 0 Å². The third kappa shape index (κ3) is 21.3. The summed E-state index contributed by atoms with van der Waals surface area (Å²) in [5.41, 5.74) is 0.371. The van der Waals surface area contributed by atoms with Crippen molar-refractivity contribution in [3.8, 4) is 0 Å². The second kappa shape index (κ2) is 36.5. The van der Waals surface area contributed by atoms with Crippen molar-refractivity contribution in [3.63, 3.8) is 0 Å². The molecule has 0 spiro atoms. The SMILES string of the molecule is CO[C@H]1O[C@H](COC(c2ccccc2)(c2ccccc2)c2ccccc2)[C@@H](OC(C)=O)[C@H](O[C@H]2O[C@H](CO[C@H]3O[C@H](COC(C)=O)[C@@H](OC(C)=O)[C@H](OC(C)=O)[C@@H]3OC(C)=O)[C@@H](OC(C)=O)[C@H](O[C@H]3O[C@H](COC(C)=O)[C@@H](OC(C)=O)[C@H](OC(C)=O)[C@@H]3OC(C)=O)[C@@H]2OC(C)=O)[C@@H]1OC(C)=O. The number of methoxy groups -OCH3 is 1. The molecule has 3 aromatic carbocycles. The van der Waals surface area contributed by atoms with Crippen molar-refractivity contribution in [3.05, 3.63) is 108 Å². The Morgan fingerprint density at radius 2 is 0.535 bits per heavy atom. The minimum Gasteiger partial charge on any atom is -0.463 e. The molecule has 0 saturated carbocycles. The molecule has 0 amide bonds. The number of benzene rings is 3. The number of hydrogen-bond acceptors (Lipinski definition) is 33. The average molecular weight is 1430 g/mol. The molecule has 4 heterocycles. The van der Waals surface area contributed by atoms with Crippen molar-refractivity contribution in [1.82, 2.24) is 0 Å². The van der Waals surface area contributed by atoms with E-state index in [0.717, 1.165) is 83.1 Å². The highest BCUT2D eigenvalue weighted by molar-refractivity contribution is 5.71. The Morgan fingerprint density at radius 3 is 0.851 bits per heavy atom. The predicted molar refractivity (Wildman–Crippen MR) is 331 cm³/mol. The van der Waals surface area contributed by atoms with Crippen molar-refractivity contribution in [2.45, 2.75) is 212 Å². The van der Waals surface area contributed by atoms with E-state index >= 15 is 0 Å². The largest absolute Gasteiger partial charge is 0.463 e. The van der Waals surface area contributed by atoms with Crippen LogP contribution < -0.4 is 0 Å². The molecule has 0 bridgehead atoms. The lowest BCUT2D eigenvalue weighted by Gasteiger charge is -2.51. The van der Waals surface area contributed by atoms with Gasteiger partial charge in [0.25, 0.3) is 0 Å². The van der Waals surface area contributed by atoms with Crippen LogP contribution in [-0.2, 0) is 163 Å². The summed E-state index contributed by atoms with van der Waals surface area (Å²) in [7, 11) is 1.19. The Kier molecular flexibility index (Phi) is 28.7. The maximum atomic E-state index is 13.9. The summed E-state index contributed by atoms with van der Waals surface area (Å²) in [5.74, 6) is -12.2. The predicted octanol–water partition coefficient (Wildman–Crippen LogP) is 2.77. The van der Waals surface area contributed by atoms with Gasteiger partial charge in [0, 0.05) is 90.2 Å². The standard InChI is InChI=1S/C68H82O33/c1-33(69)82-29-48-52(86-35(3)71)56(90-39(7)75)61(93-42(10)78)65(97-48)84-31-50-54(88-37(5)73)59(101-66-62(94-43(11)79)57(91-40(8)76)53(87-36(4)72)49(98-66)30-83-34(2)70)63(95-44(12)80)67(99-50)100-58-55(89-38(6)74)51(96-64(81-13)60(58)92-41(9)77)32-85-68(45-23-17-14-18-24-45,46-25-19-15-20-26-46)47-27-21-16-22-28-47/h14-28,48-67H,29-32H2,1-13H3/t48-,49-,50-,51-,52-,53-,54-,55-,56+,57+,58+,59+,60+,61+,62+,63+,64+,65+,66-,67-/m1/s1. The lowest BCUT2D eigenvalue weighted by Crippen LogP contribution is -2.69. The Balaban J connectivity index is 1.46. The molecule has 0 aliphatic carbocycles. The molecule has 552 valence electrons. The topological polar surface area (TPSA) is 399 Å². The quantitative estimate of drug-likeness (QED) is 0.0573. The summed E-state index contributed by atoms with van der Waals surface area (Å²) in [6.07, 6.45) is -38.1. The van der Waals surface area contributed by atoms with E-state index in [-0.39, 0.29) is 0 Å². The summed E-state index contributed by atoms with van der Waals surface area (Å²) in [5, 5.41) is 0. The van der Waals surface area contributed by atoms with Crippen molar-refractivity contribution >= 4 is 71.6 Å². The number of carbonyl (C=O) groups is 12. The molecule has 33 nitrogen and oxygen atoms in total. The molecule has 0 radical (unpaired) electrons. The first kappa shape index (κ1) is 79.3. The second-order valence-electron chi connectivity index (χ2n) is 23.4. The van der Waals surface area contributed by atoms with Crippen LogP contribution in [0.25, 0.3) is 0 Å². The van der Waals surface area contributed by atoms with Gasteiger partial charge in [-0.1, -0.05) is 91.0 Å². The van der Waals surface area contributed by atoms with E-state index in [1.807, 2.05) is 54.6 Å². The zero-order valence-corrected chi connectivity index (χ0v) is 57.5. The van der Waals surface area contributed by atoms with Gasteiger partial charge in [-0.25, -0.2) is 0 Å². The fourth-order valence-electron chi connectivity index (χ4n) is 12.0. The van der Waals surface area contributed by atoms with Gasteiger partial charge in [0.05, 0.1) is 13.2 Å². The molecule has 4 aliphatic heterocycles. The lowest BCUT2D eigenvalue weighted by molar-refractivity contribution is -0.385. The van der Waals surface area contributed by atoms with Gasteiger partial charge in [-0.15, -0.1) is 0 Å². The van der Waals surface area contributed by atoms with Gasteiger partial charge in [-0.05, 0) is 16.7 Å². The van der Waals surface area contributed by atoms with Crippen LogP contribution in [-0.4, -0.2) is 228 Å². The van der Waals surface area contributed by atoms with E-state index in [4.69, 9.17) is 99.5 Å². The van der Waals surface area contributed by atoms with Crippen LogP contribution in [0, 0.1) is 0 Å². The smallest absolute Gasteiger partial charge is 0.303 e. The molecule has 4 fully saturated rings. The zero-order valence-electron chi connectivity index (χ0n) is 57.5. The molecule has 7 rings (SSSR count). The first-order valence-corrected chi connectivity index (χ1v) is 31.8. The molecule has 20 atom stereocenters. The van der Waals surface area contributed by atoms with Gasteiger partial charge in [-0.2, -0.15) is 0 Å². The van der Waals surface area contributed by atoms with E-state index in [9.17, 15) is 57.5 Å². The Labute approximate surface area is 579 Å². The molecule has 33 heteroatoms. The molecule has 101 heavy (non-hydrogen) atoms. The zero-order chi connectivity index (χ0) is 74.0. The van der Waals surface area contributed by atoms with Gasteiger partial charge >= 0.3 is 71.6 Å². The number of hydrogen-bond donors (Lipinski definition) is 0. The normalized spacial score (nSPS) is 29.3. The summed E-state index contributed by atoms with van der Waals surface area (Å²) in [4.78, 5) is 157. The van der Waals surface area contributed by atoms with E-state index < -0.39 is 226 Å². The van der Waals surface area contributed by atoms with Crippen LogP contribution in [0.15, 0.2) is 91.0 Å². The van der Waals surface area contributed by atoms with Crippen LogP contribution in [0.4, 0.5) is 0 Å². The van der Waals surface area contributed by atoms with Crippen molar-refractivity contribution in [2.24, 2.45) is 0 Å². The van der Waals surface area contributed by atoms with Gasteiger partial charge in [0.1, 0.15) is 55.4 Å². The van der Waals surface area contributed by atoms with Crippen molar-refractivity contribution in [2.75, 3.05) is 33.5 Å². The van der Waals surface area contributed by atoms with Crippen LogP contribution in [0.5, 0.6) is 0 Å². The number of rotatable bonds is 28. The van der Waals surface area contributed by atoms with Crippen LogP contribution in [0.2, 0.25) is 0 Å². The highest BCUT2D eigenvalue weighted by Gasteiger charge is 2.61. The molecule has 0 aromatic heterocycles. The fraction of sp³-hybridized carbons (Fsp3) is 0.559. The maximum absolute atomic E-state index is 13.9. The van der Waals surface area contributed by atoms with Gasteiger partial charge in [-0.3, -0.25) is 57.5 Å². The van der Waals surface area contributed by atoms with E-state index in [0.29, 0.717) is 16.7 Å². The van der Waals surface area contributed by atoms with Crippen molar-refractivity contribution in [1.29, 1.82) is 0 Å². The van der Waals surface area contributed by atoms with Crippen molar-refractivity contribution < 1.29 is 157 Å². The minimum atomic E-state index is -2.28. The first-order chi connectivity index (χ1) is 47.9. The second-order valence-corrected chi connectivity index (χ2v) is 23.4. The summed E-state index contributed by atoms with van der Waals surface area (Å²) in [6.45, 7) is 8.70. The molecule has 4 aliphatic rings. The molecular formula is C68H82O33. The minimum absolute atomic E-state index is 0.530. The number of ether oxygens (including phenoxy) is 21. The Hall–Kier alpha value is -9.06. The number of esters is 12. The molecule has 0 unspecified atom stereocenters. The summed E-state index contributed by atoms with van der Waals surface area (Å²) in [6, 6.07) is 27.2. The van der Waals surface area contributed by atoms with Gasteiger partial charge < -0.3 is 99.5 Å². The monoisotopic (exact) mass is 1430 g/mol. The van der Waals surface area contributed by atoms with Crippen LogP contribution in [0.1, 0.15) is 99.8 Å². The molecule has 0 N–H and O–H groups in total. The third-order valence-corrected chi connectivity index (χ3v) is 15.5. The molecular weight excluding hydrogens is 1340 g/mol. The fourth-order valence-corrected chi connectivity index (χ4v) is 12.0.